The van der Waals surface area contributed by atoms with Crippen LogP contribution in [0.2, 0.25) is 0 Å². The number of hydrogen-bond acceptors (Lipinski definition) is 1. The largest absolute Gasteiger partial charge is 0.341 e. The lowest BCUT2D eigenvalue weighted by Gasteiger charge is -2.06. The molecule has 0 bridgehead atoms. The highest BCUT2D eigenvalue weighted by Gasteiger charge is 1.99. The van der Waals surface area contributed by atoms with Gasteiger partial charge in [0.05, 0.1) is 0 Å². The molecule has 0 aliphatic carbocycles. The van der Waals surface area contributed by atoms with E-state index in [2.05, 4.69) is 34.9 Å². The van der Waals surface area contributed by atoms with Crippen LogP contribution in [0.25, 0.3) is 11.1 Å². The van der Waals surface area contributed by atoms with Crippen LogP contribution in [0.1, 0.15) is 5.56 Å². The first-order chi connectivity index (χ1) is 9.29. The fourth-order valence-electron chi connectivity index (χ4n) is 1.79. The lowest BCUT2D eigenvalue weighted by Crippen LogP contribution is -2.33. The smallest absolute Gasteiger partial charge is 0.314 e. The van der Waals surface area contributed by atoms with Crippen molar-refractivity contribution in [1.82, 2.24) is 10.6 Å². The molecule has 2 aromatic rings. The molecule has 2 amide bonds. The Kier molecular flexibility index (Phi) is 4.56. The molecule has 0 saturated heterocycles. The van der Waals surface area contributed by atoms with E-state index in [9.17, 15) is 4.79 Å². The van der Waals surface area contributed by atoms with Gasteiger partial charge in [0.2, 0.25) is 0 Å². The number of benzene rings is 2. The molecule has 1 radical (unpaired) electrons. The topological polar surface area (TPSA) is 41.1 Å². The fraction of sp³-hybridized carbons (Fsp3) is 0.125. The van der Waals surface area contributed by atoms with E-state index in [1.165, 1.54) is 11.1 Å². The van der Waals surface area contributed by atoms with E-state index in [1.54, 1.807) is 7.05 Å². The van der Waals surface area contributed by atoms with Crippen LogP contribution in [-0.2, 0) is 0 Å². The van der Waals surface area contributed by atoms with Crippen LogP contribution in [-0.4, -0.2) is 19.6 Å². The van der Waals surface area contributed by atoms with Crippen molar-refractivity contribution in [3.05, 3.63) is 66.6 Å². The Morgan fingerprint density at radius 2 is 1.63 bits per heavy atom. The third-order valence-corrected chi connectivity index (χ3v) is 2.85. The molecule has 19 heavy (non-hydrogen) atoms. The van der Waals surface area contributed by atoms with Crippen LogP contribution in [0.4, 0.5) is 4.79 Å². The number of carbonyl (C=O) groups is 1. The van der Waals surface area contributed by atoms with Gasteiger partial charge < -0.3 is 10.6 Å². The third kappa shape index (κ3) is 3.85. The van der Waals surface area contributed by atoms with E-state index in [0.29, 0.717) is 6.54 Å². The molecule has 0 aliphatic rings. The minimum Gasteiger partial charge on any atom is -0.341 e. The van der Waals surface area contributed by atoms with Crippen LogP contribution in [0.3, 0.4) is 0 Å². The maximum Gasteiger partial charge on any atom is 0.314 e. The number of hydrogen-bond donors (Lipinski definition) is 2. The number of nitrogens with one attached hydrogen (secondary N) is 2. The molecule has 2 aromatic carbocycles. The molecule has 97 valence electrons. The molecule has 0 saturated carbocycles. The van der Waals surface area contributed by atoms with Crippen LogP contribution in [0, 0.1) is 6.42 Å². The van der Waals surface area contributed by atoms with Gasteiger partial charge in [-0.25, -0.2) is 4.79 Å². The Hall–Kier alpha value is -2.29. The van der Waals surface area contributed by atoms with E-state index in [-0.39, 0.29) is 6.03 Å². The average molecular weight is 253 g/mol. The molecule has 0 aromatic heterocycles. The molecule has 2 N–H and O–H groups in total. The summed E-state index contributed by atoms with van der Waals surface area (Å²) in [5.41, 5.74) is 3.49. The van der Waals surface area contributed by atoms with Crippen molar-refractivity contribution in [2.75, 3.05) is 13.6 Å². The fourth-order valence-corrected chi connectivity index (χ4v) is 1.79. The van der Waals surface area contributed by atoms with Crippen molar-refractivity contribution >= 4 is 6.03 Å². The van der Waals surface area contributed by atoms with Crippen molar-refractivity contribution in [3.8, 4) is 11.1 Å². The van der Waals surface area contributed by atoms with E-state index in [4.69, 9.17) is 0 Å². The Morgan fingerprint density at radius 3 is 2.26 bits per heavy atom. The summed E-state index contributed by atoms with van der Waals surface area (Å²) in [5, 5.41) is 5.23. The third-order valence-electron chi connectivity index (χ3n) is 2.85. The minimum absolute atomic E-state index is 0.169. The van der Waals surface area contributed by atoms with E-state index < -0.39 is 0 Å². The molecule has 3 nitrogen and oxygen atoms in total. The summed E-state index contributed by atoms with van der Waals surface area (Å²) in [4.78, 5) is 11.0. The summed E-state index contributed by atoms with van der Waals surface area (Å²) in [6.07, 6.45) is 1.98. The van der Waals surface area contributed by atoms with Gasteiger partial charge in [-0.3, -0.25) is 0 Å². The van der Waals surface area contributed by atoms with Crippen molar-refractivity contribution < 1.29 is 4.79 Å². The van der Waals surface area contributed by atoms with Gasteiger partial charge in [0, 0.05) is 20.0 Å². The van der Waals surface area contributed by atoms with Gasteiger partial charge in [0.1, 0.15) is 0 Å². The van der Waals surface area contributed by atoms with Crippen LogP contribution in [0.5, 0.6) is 0 Å². The van der Waals surface area contributed by atoms with E-state index >= 15 is 0 Å². The quantitative estimate of drug-likeness (QED) is 0.864. The molecule has 0 spiro atoms. The van der Waals surface area contributed by atoms with Gasteiger partial charge in [-0.2, -0.15) is 0 Å². The highest BCUT2D eigenvalue weighted by atomic mass is 16.2. The van der Waals surface area contributed by atoms with Crippen LogP contribution in [0.15, 0.2) is 54.6 Å². The SMILES string of the molecule is CNC(=O)NC[CH]c1ccc(-c2ccccc2)cc1. The number of amides is 2. The molecule has 0 aliphatic heterocycles. The van der Waals surface area contributed by atoms with Gasteiger partial charge in [0.25, 0.3) is 0 Å². The molecule has 0 unspecified atom stereocenters. The first-order valence-corrected chi connectivity index (χ1v) is 6.24. The van der Waals surface area contributed by atoms with Crippen molar-refractivity contribution in [2.24, 2.45) is 0 Å². The standard InChI is InChI=1S/C16H17N2O/c1-17-16(19)18-12-11-13-7-9-15(10-8-13)14-5-3-2-4-6-14/h2-11H,12H2,1H3,(H2,17,18,19). The normalized spacial score (nSPS) is 9.95. The highest BCUT2D eigenvalue weighted by Crippen LogP contribution is 2.19. The molecule has 0 heterocycles. The van der Waals surface area contributed by atoms with Crippen LogP contribution < -0.4 is 10.6 Å². The van der Waals surface area contributed by atoms with Crippen molar-refractivity contribution in [3.63, 3.8) is 0 Å². The Morgan fingerprint density at radius 1 is 1.00 bits per heavy atom. The zero-order valence-corrected chi connectivity index (χ0v) is 10.9. The number of urea groups is 1. The second-order valence-corrected chi connectivity index (χ2v) is 4.15. The van der Waals surface area contributed by atoms with Gasteiger partial charge >= 0.3 is 6.03 Å². The first-order valence-electron chi connectivity index (χ1n) is 6.24. The Balaban J connectivity index is 1.94. The molecule has 3 heteroatoms. The molecule has 0 fully saturated rings. The first kappa shape index (κ1) is 13.1. The summed E-state index contributed by atoms with van der Waals surface area (Å²) in [6, 6.07) is 18.3. The van der Waals surface area contributed by atoms with Gasteiger partial charge in [-0.15, -0.1) is 0 Å². The molecular formula is C16H17N2O. The summed E-state index contributed by atoms with van der Waals surface area (Å²) in [5.74, 6) is 0. The second-order valence-electron chi connectivity index (χ2n) is 4.15. The average Bonchev–Trinajstić information content (AvgIpc) is 2.48. The van der Waals surface area contributed by atoms with Crippen molar-refractivity contribution in [1.29, 1.82) is 0 Å². The zero-order chi connectivity index (χ0) is 13.5. The van der Waals surface area contributed by atoms with Gasteiger partial charge in [-0.05, 0) is 16.7 Å². The summed E-state index contributed by atoms with van der Waals surface area (Å²) >= 11 is 0. The Bertz CT molecular complexity index is 520. The number of rotatable bonds is 4. The predicted octanol–water partition coefficient (Wildman–Crippen LogP) is 2.83. The summed E-state index contributed by atoms with van der Waals surface area (Å²) in [6.45, 7) is 0.518. The van der Waals surface area contributed by atoms with Crippen molar-refractivity contribution in [2.45, 2.75) is 0 Å². The van der Waals surface area contributed by atoms with E-state index in [1.807, 2.05) is 36.8 Å². The summed E-state index contributed by atoms with van der Waals surface area (Å²) in [7, 11) is 1.60. The lowest BCUT2D eigenvalue weighted by molar-refractivity contribution is 0.243. The molecule has 2 rings (SSSR count). The van der Waals surface area contributed by atoms with Gasteiger partial charge in [-0.1, -0.05) is 54.6 Å². The lowest BCUT2D eigenvalue weighted by atomic mass is 10.0. The second kappa shape index (κ2) is 6.59. The zero-order valence-electron chi connectivity index (χ0n) is 10.9. The Labute approximate surface area is 113 Å². The summed E-state index contributed by atoms with van der Waals surface area (Å²) < 4.78 is 0. The molecule has 0 atom stereocenters. The van der Waals surface area contributed by atoms with Gasteiger partial charge in [0.15, 0.2) is 0 Å². The highest BCUT2D eigenvalue weighted by molar-refractivity contribution is 5.73. The monoisotopic (exact) mass is 253 g/mol. The maximum absolute atomic E-state index is 11.0. The minimum atomic E-state index is -0.169. The number of carbonyl (C=O) groups excluding carboxylic acids is 1. The van der Waals surface area contributed by atoms with E-state index in [0.717, 1.165) is 5.56 Å². The molecular weight excluding hydrogens is 236 g/mol. The van der Waals surface area contributed by atoms with Crippen LogP contribution >= 0.6 is 0 Å². The predicted molar refractivity (Wildman–Crippen MR) is 77.7 cm³/mol. The maximum atomic E-state index is 11.0.